The predicted octanol–water partition coefficient (Wildman–Crippen LogP) is 1.81. The van der Waals surface area contributed by atoms with E-state index in [9.17, 15) is 18.0 Å². The molecular formula is C18H25N3O4S. The average molecular weight is 379 g/mol. The van der Waals surface area contributed by atoms with Crippen LogP contribution in [0.2, 0.25) is 0 Å². The van der Waals surface area contributed by atoms with Crippen LogP contribution in [-0.2, 0) is 19.6 Å². The second-order valence-electron chi connectivity index (χ2n) is 6.81. The molecule has 1 aromatic rings. The largest absolute Gasteiger partial charge is 0.342 e. The van der Waals surface area contributed by atoms with Crippen LogP contribution in [0.3, 0.4) is 0 Å². The van der Waals surface area contributed by atoms with Gasteiger partial charge < -0.3 is 10.2 Å². The number of rotatable bonds is 4. The van der Waals surface area contributed by atoms with Crippen molar-refractivity contribution >= 4 is 33.2 Å². The van der Waals surface area contributed by atoms with E-state index in [2.05, 4.69) is 5.32 Å². The van der Waals surface area contributed by atoms with E-state index < -0.39 is 10.0 Å². The predicted molar refractivity (Wildman–Crippen MR) is 100 cm³/mol. The molecule has 2 aliphatic heterocycles. The third-order valence-corrected chi connectivity index (χ3v) is 6.84. The van der Waals surface area contributed by atoms with E-state index in [0.717, 1.165) is 19.4 Å². The number of hydrogen-bond acceptors (Lipinski definition) is 4. The van der Waals surface area contributed by atoms with Crippen molar-refractivity contribution in [3.8, 4) is 0 Å². The van der Waals surface area contributed by atoms with Crippen LogP contribution in [0, 0.1) is 5.92 Å². The summed E-state index contributed by atoms with van der Waals surface area (Å²) in [6.45, 7) is 3.50. The minimum atomic E-state index is -3.20. The molecule has 2 saturated heterocycles. The summed E-state index contributed by atoms with van der Waals surface area (Å²) in [5.74, 6) is -0.0446. The highest BCUT2D eigenvalue weighted by Gasteiger charge is 2.29. The zero-order valence-corrected chi connectivity index (χ0v) is 15.8. The molecule has 3 rings (SSSR count). The van der Waals surface area contributed by atoms with Gasteiger partial charge in [-0.3, -0.25) is 13.9 Å². The first-order chi connectivity index (χ1) is 12.4. The van der Waals surface area contributed by atoms with E-state index in [0.29, 0.717) is 37.3 Å². The second kappa shape index (κ2) is 7.65. The van der Waals surface area contributed by atoms with Gasteiger partial charge in [0.15, 0.2) is 0 Å². The summed E-state index contributed by atoms with van der Waals surface area (Å²) in [6.07, 6.45) is 2.68. The average Bonchev–Trinajstić information content (AvgIpc) is 3.01. The molecule has 0 saturated carbocycles. The Balaban J connectivity index is 1.62. The van der Waals surface area contributed by atoms with Gasteiger partial charge in [0.05, 0.1) is 17.4 Å². The maximum atomic E-state index is 12.5. The van der Waals surface area contributed by atoms with Crippen LogP contribution in [-0.4, -0.2) is 50.5 Å². The zero-order valence-electron chi connectivity index (χ0n) is 15.0. The van der Waals surface area contributed by atoms with Gasteiger partial charge in [0.25, 0.3) is 0 Å². The number of piperidine rings is 1. The van der Waals surface area contributed by atoms with Crippen molar-refractivity contribution in [2.24, 2.45) is 5.92 Å². The molecule has 26 heavy (non-hydrogen) atoms. The number of anilines is 2. The molecule has 0 radical (unpaired) electrons. The summed E-state index contributed by atoms with van der Waals surface area (Å²) in [5, 5.41) is 2.88. The van der Waals surface area contributed by atoms with Gasteiger partial charge in [-0.15, -0.1) is 0 Å². The van der Waals surface area contributed by atoms with Gasteiger partial charge in [0.1, 0.15) is 0 Å². The first kappa shape index (κ1) is 18.7. The van der Waals surface area contributed by atoms with E-state index in [1.54, 1.807) is 29.2 Å². The lowest BCUT2D eigenvalue weighted by atomic mass is 9.96. The molecule has 0 spiro atoms. The van der Waals surface area contributed by atoms with Crippen LogP contribution in [0.1, 0.15) is 32.6 Å². The Morgan fingerprint density at radius 1 is 1.15 bits per heavy atom. The minimum absolute atomic E-state index is 0.0821. The first-order valence-corrected chi connectivity index (χ1v) is 10.7. The molecule has 7 nitrogen and oxygen atoms in total. The molecule has 1 unspecified atom stereocenters. The summed E-state index contributed by atoms with van der Waals surface area (Å²) >= 11 is 0. The van der Waals surface area contributed by atoms with E-state index >= 15 is 0 Å². The lowest BCUT2D eigenvalue weighted by Crippen LogP contribution is -2.43. The van der Waals surface area contributed by atoms with Crippen LogP contribution < -0.4 is 9.62 Å². The molecule has 1 N–H and O–H groups in total. The number of likely N-dealkylation sites (tertiary alicyclic amines) is 1. The molecule has 0 bridgehead atoms. The SMILES string of the molecule is CCC(=O)N1CCCC(C(=O)Nc2ccc(N3CCCS3(=O)=O)cc2)C1. The molecule has 142 valence electrons. The molecule has 8 heteroatoms. The monoisotopic (exact) mass is 379 g/mol. The molecule has 0 aromatic heterocycles. The standard InChI is InChI=1S/C18H25N3O4S/c1-2-17(22)20-10-3-5-14(13-20)18(23)19-15-6-8-16(9-7-15)21-11-4-12-26(21,24)25/h6-9,14H,2-5,10-13H2,1H3,(H,19,23). The van der Waals surface area contributed by atoms with E-state index in [4.69, 9.17) is 0 Å². The minimum Gasteiger partial charge on any atom is -0.342 e. The molecular weight excluding hydrogens is 354 g/mol. The van der Waals surface area contributed by atoms with Crippen molar-refractivity contribution < 1.29 is 18.0 Å². The summed E-state index contributed by atoms with van der Waals surface area (Å²) in [4.78, 5) is 26.1. The number of carbonyl (C=O) groups is 2. The highest BCUT2D eigenvalue weighted by molar-refractivity contribution is 7.93. The highest BCUT2D eigenvalue weighted by atomic mass is 32.2. The summed E-state index contributed by atoms with van der Waals surface area (Å²) in [5.41, 5.74) is 1.26. The van der Waals surface area contributed by atoms with Gasteiger partial charge in [0.2, 0.25) is 21.8 Å². The molecule has 2 aliphatic rings. The Kier molecular flexibility index (Phi) is 5.50. The van der Waals surface area contributed by atoms with Crippen molar-refractivity contribution in [1.82, 2.24) is 4.90 Å². The van der Waals surface area contributed by atoms with Gasteiger partial charge in [-0.25, -0.2) is 8.42 Å². The quantitative estimate of drug-likeness (QED) is 0.864. The first-order valence-electron chi connectivity index (χ1n) is 9.10. The highest BCUT2D eigenvalue weighted by Crippen LogP contribution is 2.26. The Bertz CT molecular complexity index is 776. The van der Waals surface area contributed by atoms with Crippen LogP contribution in [0.25, 0.3) is 0 Å². The molecule has 1 atom stereocenters. The second-order valence-corrected chi connectivity index (χ2v) is 8.82. The van der Waals surface area contributed by atoms with Crippen molar-refractivity contribution in [3.63, 3.8) is 0 Å². The van der Waals surface area contributed by atoms with Gasteiger partial charge >= 0.3 is 0 Å². The van der Waals surface area contributed by atoms with E-state index in [1.807, 2.05) is 6.92 Å². The number of benzene rings is 1. The fourth-order valence-corrected chi connectivity index (χ4v) is 5.09. The van der Waals surface area contributed by atoms with Crippen molar-refractivity contribution in [2.45, 2.75) is 32.6 Å². The Hall–Kier alpha value is -2.09. The van der Waals surface area contributed by atoms with Crippen molar-refractivity contribution in [2.75, 3.05) is 35.0 Å². The van der Waals surface area contributed by atoms with Gasteiger partial charge in [-0.1, -0.05) is 6.92 Å². The van der Waals surface area contributed by atoms with Gasteiger partial charge in [-0.05, 0) is 43.5 Å². The maximum Gasteiger partial charge on any atom is 0.235 e. The number of nitrogens with zero attached hydrogens (tertiary/aromatic N) is 2. The molecule has 2 heterocycles. The van der Waals surface area contributed by atoms with Crippen LogP contribution in [0.15, 0.2) is 24.3 Å². The number of nitrogens with one attached hydrogen (secondary N) is 1. The van der Waals surface area contributed by atoms with Crippen LogP contribution >= 0.6 is 0 Å². The Morgan fingerprint density at radius 2 is 1.88 bits per heavy atom. The molecule has 2 fully saturated rings. The molecule has 2 amide bonds. The fourth-order valence-electron chi connectivity index (χ4n) is 3.53. The van der Waals surface area contributed by atoms with Crippen molar-refractivity contribution in [1.29, 1.82) is 0 Å². The topological polar surface area (TPSA) is 86.8 Å². The number of amides is 2. The zero-order chi connectivity index (χ0) is 18.7. The third-order valence-electron chi connectivity index (χ3n) is 4.97. The molecule has 0 aliphatic carbocycles. The van der Waals surface area contributed by atoms with Crippen molar-refractivity contribution in [3.05, 3.63) is 24.3 Å². The number of carbonyl (C=O) groups excluding carboxylic acids is 2. The summed E-state index contributed by atoms with van der Waals surface area (Å²) < 4.78 is 25.3. The smallest absolute Gasteiger partial charge is 0.235 e. The van der Waals surface area contributed by atoms with Gasteiger partial charge in [0, 0.05) is 31.7 Å². The van der Waals surface area contributed by atoms with Gasteiger partial charge in [-0.2, -0.15) is 0 Å². The van der Waals surface area contributed by atoms with Crippen LogP contribution in [0.4, 0.5) is 11.4 Å². The van der Waals surface area contributed by atoms with Crippen LogP contribution in [0.5, 0.6) is 0 Å². The van der Waals surface area contributed by atoms with E-state index in [-0.39, 0.29) is 23.5 Å². The summed E-state index contributed by atoms with van der Waals surface area (Å²) in [6, 6.07) is 6.87. The third kappa shape index (κ3) is 4.00. The fraction of sp³-hybridized carbons (Fsp3) is 0.556. The maximum absolute atomic E-state index is 12.5. The normalized spacial score (nSPS) is 22.3. The Morgan fingerprint density at radius 3 is 2.50 bits per heavy atom. The molecule has 1 aromatic carbocycles. The number of hydrogen-bond donors (Lipinski definition) is 1. The number of sulfonamides is 1. The lowest BCUT2D eigenvalue weighted by molar-refractivity contribution is -0.134. The summed E-state index contributed by atoms with van der Waals surface area (Å²) in [7, 11) is -3.20. The van der Waals surface area contributed by atoms with E-state index in [1.165, 1.54) is 4.31 Å². The Labute approximate surface area is 154 Å². The lowest BCUT2D eigenvalue weighted by Gasteiger charge is -2.32.